The first kappa shape index (κ1) is 12.7. The van der Waals surface area contributed by atoms with Crippen molar-refractivity contribution in [3.63, 3.8) is 0 Å². The van der Waals surface area contributed by atoms with Crippen LogP contribution in [0.15, 0.2) is 41.3 Å². The lowest BCUT2D eigenvalue weighted by Crippen LogP contribution is -2.20. The molecule has 0 saturated carbocycles. The van der Waals surface area contributed by atoms with Crippen molar-refractivity contribution in [3.8, 4) is 5.69 Å². The highest BCUT2D eigenvalue weighted by molar-refractivity contribution is 6.28. The second kappa shape index (κ2) is 4.68. The van der Waals surface area contributed by atoms with Crippen molar-refractivity contribution in [3.05, 3.63) is 63.5 Å². The van der Waals surface area contributed by atoms with E-state index in [1.807, 2.05) is 0 Å². The van der Waals surface area contributed by atoms with Crippen LogP contribution in [0.5, 0.6) is 0 Å². The predicted molar refractivity (Wildman–Crippen MR) is 74.8 cm³/mol. The van der Waals surface area contributed by atoms with Crippen LogP contribution in [0.1, 0.15) is 5.56 Å². The molecule has 3 rings (SSSR count). The fourth-order valence-electron chi connectivity index (χ4n) is 2.10. The van der Waals surface area contributed by atoms with Crippen molar-refractivity contribution in [1.82, 2.24) is 14.5 Å². The van der Waals surface area contributed by atoms with Crippen LogP contribution >= 0.6 is 11.6 Å². The van der Waals surface area contributed by atoms with Gasteiger partial charge in [-0.3, -0.25) is 9.36 Å². The van der Waals surface area contributed by atoms with Crippen LogP contribution in [-0.4, -0.2) is 14.5 Å². The summed E-state index contributed by atoms with van der Waals surface area (Å²) in [4.78, 5) is 20.2. The standard InChI is InChI=1S/C14H9ClFN3O/c1-8-6-12(20)19(11-5-3-2-4-10(11)16)13-9(8)7-17-14(15)18-13/h2-7H,1H3. The molecule has 0 N–H and O–H groups in total. The molecule has 0 aliphatic heterocycles. The van der Waals surface area contributed by atoms with Gasteiger partial charge in [0.05, 0.1) is 5.69 Å². The highest BCUT2D eigenvalue weighted by Gasteiger charge is 2.13. The van der Waals surface area contributed by atoms with Crippen LogP contribution in [0, 0.1) is 12.7 Å². The number of halogens is 2. The lowest BCUT2D eigenvalue weighted by molar-refractivity contribution is 0.617. The predicted octanol–water partition coefficient (Wildman–Crippen LogP) is 2.88. The molecule has 0 bridgehead atoms. The molecule has 2 aromatic heterocycles. The average molecular weight is 290 g/mol. The number of para-hydroxylation sites is 1. The van der Waals surface area contributed by atoms with Gasteiger partial charge in [0, 0.05) is 17.6 Å². The van der Waals surface area contributed by atoms with E-state index in [0.717, 1.165) is 0 Å². The van der Waals surface area contributed by atoms with Crippen LogP contribution in [0.25, 0.3) is 16.7 Å². The number of nitrogens with zero attached hydrogens (tertiary/aromatic N) is 3. The van der Waals surface area contributed by atoms with Crippen LogP contribution in [-0.2, 0) is 0 Å². The van der Waals surface area contributed by atoms with E-state index in [2.05, 4.69) is 9.97 Å². The molecule has 6 heteroatoms. The van der Waals surface area contributed by atoms with Crippen LogP contribution < -0.4 is 5.56 Å². The molecule has 3 aromatic rings. The minimum atomic E-state index is -0.505. The van der Waals surface area contributed by atoms with Gasteiger partial charge in [-0.05, 0) is 36.2 Å². The van der Waals surface area contributed by atoms with Gasteiger partial charge in [-0.15, -0.1) is 0 Å². The third kappa shape index (κ3) is 1.96. The summed E-state index contributed by atoms with van der Waals surface area (Å²) in [5.74, 6) is -0.505. The van der Waals surface area contributed by atoms with Crippen molar-refractivity contribution in [2.24, 2.45) is 0 Å². The van der Waals surface area contributed by atoms with Gasteiger partial charge in [-0.25, -0.2) is 9.37 Å². The molecule has 0 atom stereocenters. The maximum absolute atomic E-state index is 13.9. The summed E-state index contributed by atoms with van der Waals surface area (Å²) in [5.41, 5.74) is 0.779. The Morgan fingerprint density at radius 2 is 2.05 bits per heavy atom. The molecule has 0 spiro atoms. The van der Waals surface area contributed by atoms with E-state index in [1.54, 1.807) is 19.1 Å². The molecule has 0 fully saturated rings. The minimum Gasteiger partial charge on any atom is -0.269 e. The van der Waals surface area contributed by atoms with Gasteiger partial charge in [-0.2, -0.15) is 4.98 Å². The maximum atomic E-state index is 13.9. The van der Waals surface area contributed by atoms with Crippen molar-refractivity contribution in [2.75, 3.05) is 0 Å². The average Bonchev–Trinajstić information content (AvgIpc) is 2.40. The molecular formula is C14H9ClFN3O. The molecule has 0 unspecified atom stereocenters. The Morgan fingerprint density at radius 1 is 1.30 bits per heavy atom. The third-order valence-corrected chi connectivity index (χ3v) is 3.21. The Bertz CT molecular complexity index is 876. The molecule has 20 heavy (non-hydrogen) atoms. The van der Waals surface area contributed by atoms with E-state index in [0.29, 0.717) is 16.6 Å². The lowest BCUT2D eigenvalue weighted by Gasteiger charge is -2.11. The lowest BCUT2D eigenvalue weighted by atomic mass is 10.2. The second-order valence-electron chi connectivity index (χ2n) is 4.33. The Labute approximate surface area is 118 Å². The molecule has 0 aliphatic carbocycles. The zero-order valence-corrected chi connectivity index (χ0v) is 11.2. The molecule has 0 aliphatic rings. The molecule has 4 nitrogen and oxygen atoms in total. The summed E-state index contributed by atoms with van der Waals surface area (Å²) >= 11 is 5.79. The first-order valence-corrected chi connectivity index (χ1v) is 6.25. The summed E-state index contributed by atoms with van der Waals surface area (Å²) in [6.45, 7) is 1.77. The van der Waals surface area contributed by atoms with Gasteiger partial charge in [-0.1, -0.05) is 12.1 Å². The first-order chi connectivity index (χ1) is 9.58. The largest absolute Gasteiger partial charge is 0.269 e. The normalized spacial score (nSPS) is 10.9. The smallest absolute Gasteiger partial charge is 0.257 e. The minimum absolute atomic E-state index is 0.00703. The van der Waals surface area contributed by atoms with E-state index in [4.69, 9.17) is 11.6 Å². The zero-order valence-electron chi connectivity index (χ0n) is 10.5. The molecule has 2 heterocycles. The van der Waals surface area contributed by atoms with Crippen LogP contribution in [0.4, 0.5) is 4.39 Å². The van der Waals surface area contributed by atoms with Gasteiger partial charge in [0.15, 0.2) is 5.65 Å². The monoisotopic (exact) mass is 289 g/mol. The number of benzene rings is 1. The van der Waals surface area contributed by atoms with Crippen molar-refractivity contribution in [1.29, 1.82) is 0 Å². The molecular weight excluding hydrogens is 281 g/mol. The number of fused-ring (bicyclic) bond motifs is 1. The molecule has 0 radical (unpaired) electrons. The first-order valence-electron chi connectivity index (χ1n) is 5.88. The Hall–Kier alpha value is -2.27. The second-order valence-corrected chi connectivity index (χ2v) is 4.67. The number of hydrogen-bond acceptors (Lipinski definition) is 3. The van der Waals surface area contributed by atoms with E-state index in [1.165, 1.54) is 29.0 Å². The van der Waals surface area contributed by atoms with Gasteiger partial charge in [0.1, 0.15) is 5.82 Å². The molecule has 100 valence electrons. The highest BCUT2D eigenvalue weighted by atomic mass is 35.5. The van der Waals surface area contributed by atoms with Gasteiger partial charge >= 0.3 is 0 Å². The Kier molecular flexibility index (Phi) is 2.99. The topological polar surface area (TPSA) is 47.8 Å². The SMILES string of the molecule is Cc1cc(=O)n(-c2ccccc2F)c2nc(Cl)ncc12. The van der Waals surface area contributed by atoms with Crippen LogP contribution in [0.3, 0.4) is 0 Å². The summed E-state index contributed by atoms with van der Waals surface area (Å²) in [6, 6.07) is 7.44. The van der Waals surface area contributed by atoms with Crippen LogP contribution in [0.2, 0.25) is 5.28 Å². The van der Waals surface area contributed by atoms with E-state index in [-0.39, 0.29) is 16.5 Å². The Balaban J connectivity index is 2.50. The zero-order chi connectivity index (χ0) is 14.3. The Morgan fingerprint density at radius 3 is 2.80 bits per heavy atom. The highest BCUT2D eigenvalue weighted by Crippen LogP contribution is 2.20. The number of hydrogen-bond donors (Lipinski definition) is 0. The molecule has 0 amide bonds. The van der Waals surface area contributed by atoms with E-state index < -0.39 is 5.82 Å². The quantitative estimate of drug-likeness (QED) is 0.647. The molecule has 1 aromatic carbocycles. The van der Waals surface area contributed by atoms with Crippen molar-refractivity contribution < 1.29 is 4.39 Å². The summed E-state index contributed by atoms with van der Waals surface area (Å²) in [7, 11) is 0. The fraction of sp³-hybridized carbons (Fsp3) is 0.0714. The third-order valence-electron chi connectivity index (χ3n) is 3.03. The van der Waals surface area contributed by atoms with Gasteiger partial charge in [0.25, 0.3) is 5.56 Å². The van der Waals surface area contributed by atoms with Gasteiger partial charge in [0.2, 0.25) is 5.28 Å². The number of rotatable bonds is 1. The van der Waals surface area contributed by atoms with E-state index >= 15 is 0 Å². The maximum Gasteiger partial charge on any atom is 0.257 e. The van der Waals surface area contributed by atoms with E-state index in [9.17, 15) is 9.18 Å². The fourth-order valence-corrected chi connectivity index (χ4v) is 2.23. The summed E-state index contributed by atoms with van der Waals surface area (Å²) in [5, 5.41) is 0.657. The number of aryl methyl sites for hydroxylation is 1. The van der Waals surface area contributed by atoms with Gasteiger partial charge < -0.3 is 0 Å². The van der Waals surface area contributed by atoms with Crippen molar-refractivity contribution >= 4 is 22.6 Å². The molecule has 0 saturated heterocycles. The summed E-state index contributed by atoms with van der Waals surface area (Å²) < 4.78 is 15.1. The number of pyridine rings is 1. The number of aromatic nitrogens is 3. The summed E-state index contributed by atoms with van der Waals surface area (Å²) in [6.07, 6.45) is 1.52. The van der Waals surface area contributed by atoms with Crippen molar-refractivity contribution in [2.45, 2.75) is 6.92 Å².